The average molecular weight is 528 g/mol. The van der Waals surface area contributed by atoms with Gasteiger partial charge in [0, 0.05) is 32.7 Å². The lowest BCUT2D eigenvalue weighted by atomic mass is 9.68. The van der Waals surface area contributed by atoms with Crippen molar-refractivity contribution in [2.45, 2.75) is 63.5 Å². The molecule has 5 atom stereocenters. The molecule has 0 radical (unpaired) electrons. The Morgan fingerprint density at radius 2 is 1.81 bits per heavy atom. The van der Waals surface area contributed by atoms with E-state index in [1.807, 2.05) is 35.0 Å². The summed E-state index contributed by atoms with van der Waals surface area (Å²) in [7, 11) is -4.71. The zero-order chi connectivity index (χ0) is 25.9. The van der Waals surface area contributed by atoms with Gasteiger partial charge in [-0.2, -0.15) is 0 Å². The molecule has 7 heteroatoms. The molecule has 1 fully saturated rings. The van der Waals surface area contributed by atoms with Gasteiger partial charge in [-0.1, -0.05) is 63.3 Å². The number of benzene rings is 1. The van der Waals surface area contributed by atoms with Gasteiger partial charge in [0.25, 0.3) is 0 Å². The summed E-state index contributed by atoms with van der Waals surface area (Å²) in [5, 5.41) is 0. The summed E-state index contributed by atoms with van der Waals surface area (Å²) in [4.78, 5) is 14.5. The first kappa shape index (κ1) is 27.1. The maximum Gasteiger partial charge on any atom is 0.183 e. The number of hydrogen-bond donors (Lipinski definition) is 0. The molecular formula is C29H41NO4SSi. The van der Waals surface area contributed by atoms with Crippen LogP contribution < -0.4 is 0 Å². The highest BCUT2D eigenvalue weighted by atomic mass is 32.2. The third-order valence-corrected chi connectivity index (χ3v) is 11.6. The zero-order valence-corrected chi connectivity index (χ0v) is 23.9. The molecule has 1 aromatic carbocycles. The molecule has 2 aromatic rings. The number of nitrogens with zero attached hydrogens (tertiary/aromatic N) is 1. The Morgan fingerprint density at radius 3 is 2.50 bits per heavy atom. The Bertz CT molecular complexity index is 1170. The second kappa shape index (κ2) is 11.2. The van der Waals surface area contributed by atoms with Gasteiger partial charge in [0.2, 0.25) is 0 Å². The molecule has 2 aliphatic rings. The first-order valence-electron chi connectivity index (χ1n) is 13.3. The number of hydrogen-bond acceptors (Lipinski definition) is 4. The fourth-order valence-corrected chi connectivity index (χ4v) is 8.38. The highest BCUT2D eigenvalue weighted by molar-refractivity contribution is 7.91. The van der Waals surface area contributed by atoms with Crippen molar-refractivity contribution in [3.8, 4) is 0 Å². The first-order valence-corrected chi connectivity index (χ1v) is 18.7. The maximum absolute atomic E-state index is 14.1. The average Bonchev–Trinajstić information content (AvgIpc) is 3.48. The summed E-state index contributed by atoms with van der Waals surface area (Å²) in [5.74, 6) is 0.414. The van der Waals surface area contributed by atoms with Crippen LogP contribution in [0.15, 0.2) is 65.7 Å². The molecule has 4 rings (SSSR count). The highest BCUT2D eigenvalue weighted by Crippen LogP contribution is 2.50. The van der Waals surface area contributed by atoms with E-state index in [0.29, 0.717) is 35.8 Å². The second-order valence-electron chi connectivity index (χ2n) is 11.7. The van der Waals surface area contributed by atoms with Gasteiger partial charge in [0.15, 0.2) is 15.6 Å². The minimum Gasteiger partial charge on any atom is -0.361 e. The lowest BCUT2D eigenvalue weighted by Crippen LogP contribution is -2.39. The molecule has 36 heavy (non-hydrogen) atoms. The van der Waals surface area contributed by atoms with Crippen molar-refractivity contribution in [2.24, 2.45) is 29.6 Å². The summed E-state index contributed by atoms with van der Waals surface area (Å²) in [6.07, 6.45) is 9.31. The first-order chi connectivity index (χ1) is 17.1. The van der Waals surface area contributed by atoms with Gasteiger partial charge >= 0.3 is 0 Å². The van der Waals surface area contributed by atoms with Crippen LogP contribution in [0.3, 0.4) is 0 Å². The highest BCUT2D eigenvalue weighted by Gasteiger charge is 2.47. The molecule has 1 aromatic heterocycles. The number of aromatic nitrogens is 1. The zero-order valence-electron chi connectivity index (χ0n) is 22.1. The number of sulfone groups is 1. The van der Waals surface area contributed by atoms with Crippen molar-refractivity contribution >= 4 is 23.7 Å². The molecule has 0 unspecified atom stereocenters. The summed E-state index contributed by atoms with van der Waals surface area (Å²) >= 11 is 0. The predicted molar refractivity (Wildman–Crippen MR) is 147 cm³/mol. The van der Waals surface area contributed by atoms with E-state index in [0.717, 1.165) is 25.3 Å². The third kappa shape index (κ3) is 6.12. The van der Waals surface area contributed by atoms with Gasteiger partial charge in [-0.15, -0.1) is 0 Å². The van der Waals surface area contributed by atoms with Crippen molar-refractivity contribution in [2.75, 3.05) is 12.4 Å². The molecular weight excluding hydrogens is 486 g/mol. The fraction of sp³-hybridized carbons (Fsp3) is 0.552. The normalized spacial score (nSPS) is 26.2. The molecule has 2 aliphatic carbocycles. The van der Waals surface area contributed by atoms with E-state index in [-0.39, 0.29) is 29.3 Å². The molecule has 196 valence electrons. The monoisotopic (exact) mass is 527 g/mol. The van der Waals surface area contributed by atoms with Crippen LogP contribution in [-0.2, 0) is 21.3 Å². The Labute approximate surface area is 217 Å². The van der Waals surface area contributed by atoms with Crippen LogP contribution in [0.1, 0.15) is 36.7 Å². The molecule has 1 saturated carbocycles. The van der Waals surface area contributed by atoms with E-state index in [9.17, 15) is 13.2 Å². The molecule has 5 nitrogen and oxygen atoms in total. The van der Waals surface area contributed by atoms with Crippen molar-refractivity contribution in [1.29, 1.82) is 0 Å². The maximum atomic E-state index is 14.1. The number of carbonyl (C=O) groups excluding carboxylic acids is 1. The number of allylic oxidation sites excluding steroid dienone is 2. The fourth-order valence-electron chi connectivity index (χ4n) is 6.03. The molecule has 0 spiro atoms. The van der Waals surface area contributed by atoms with Crippen LogP contribution in [0.4, 0.5) is 0 Å². The molecule has 1 heterocycles. The summed E-state index contributed by atoms with van der Waals surface area (Å²) < 4.78 is 34.5. The largest absolute Gasteiger partial charge is 0.361 e. The third-order valence-electron chi connectivity index (χ3n) is 8.06. The van der Waals surface area contributed by atoms with Crippen LogP contribution in [0, 0.1) is 29.6 Å². The number of carbonyl (C=O) groups is 1. The summed E-state index contributed by atoms with van der Waals surface area (Å²) in [5.41, 5.74) is 0.629. The number of ether oxygens (including phenoxy) is 1. The van der Waals surface area contributed by atoms with Crippen molar-refractivity contribution < 1.29 is 17.9 Å². The number of fused-ring (bicyclic) bond motifs is 1. The van der Waals surface area contributed by atoms with Gasteiger partial charge < -0.3 is 9.30 Å². The predicted octanol–water partition coefficient (Wildman–Crippen LogP) is 6.31. The number of ketones is 1. The van der Waals surface area contributed by atoms with E-state index in [1.165, 1.54) is 0 Å². The molecule has 0 amide bonds. The SMILES string of the molecule is CC[C@H]1CC[C@@H]2[C@@H]1C=C[C@@H](CS(=O)(=O)c1ccccc1)[C@H]2C(=O)c1cccn1COCC[Si](C)(C)C. The van der Waals surface area contributed by atoms with Gasteiger partial charge in [-0.05, 0) is 60.9 Å². The van der Waals surface area contributed by atoms with Crippen molar-refractivity contribution in [3.63, 3.8) is 0 Å². The van der Waals surface area contributed by atoms with Gasteiger partial charge in [-0.25, -0.2) is 8.42 Å². The van der Waals surface area contributed by atoms with Crippen LogP contribution in [-0.4, -0.2) is 39.2 Å². The van der Waals surface area contributed by atoms with Crippen LogP contribution in [0.25, 0.3) is 0 Å². The van der Waals surface area contributed by atoms with Gasteiger partial charge in [-0.3, -0.25) is 4.79 Å². The Morgan fingerprint density at radius 1 is 1.06 bits per heavy atom. The van der Waals surface area contributed by atoms with Gasteiger partial charge in [0.1, 0.15) is 6.73 Å². The van der Waals surface area contributed by atoms with Crippen LogP contribution in [0.2, 0.25) is 25.7 Å². The number of Topliss-reactive ketones (excluding diaryl/α,β-unsaturated/α-hetero) is 1. The molecule has 0 aliphatic heterocycles. The van der Waals surface area contributed by atoms with Gasteiger partial charge in [0.05, 0.1) is 16.3 Å². The lowest BCUT2D eigenvalue weighted by molar-refractivity contribution is 0.0705. The minimum absolute atomic E-state index is 0.0443. The Kier molecular flexibility index (Phi) is 8.42. The smallest absolute Gasteiger partial charge is 0.183 e. The summed E-state index contributed by atoms with van der Waals surface area (Å²) in [6.45, 7) is 10.2. The van der Waals surface area contributed by atoms with E-state index in [1.54, 1.807) is 24.3 Å². The number of rotatable bonds is 11. The lowest BCUT2D eigenvalue weighted by Gasteiger charge is -2.37. The van der Waals surface area contributed by atoms with E-state index in [2.05, 4.69) is 32.6 Å². The van der Waals surface area contributed by atoms with Crippen LogP contribution in [0.5, 0.6) is 0 Å². The minimum atomic E-state index is -3.52. The Balaban J connectivity index is 1.59. The quantitative estimate of drug-likeness (QED) is 0.149. The summed E-state index contributed by atoms with van der Waals surface area (Å²) in [6, 6.07) is 13.4. The van der Waals surface area contributed by atoms with E-state index in [4.69, 9.17) is 4.74 Å². The van der Waals surface area contributed by atoms with Crippen molar-refractivity contribution in [1.82, 2.24) is 4.57 Å². The van der Waals surface area contributed by atoms with Crippen molar-refractivity contribution in [3.05, 3.63) is 66.5 Å². The molecule has 0 saturated heterocycles. The topological polar surface area (TPSA) is 65.4 Å². The molecule has 0 bridgehead atoms. The van der Waals surface area contributed by atoms with Crippen LogP contribution >= 0.6 is 0 Å². The standard InChI is InChI=1S/C29H41NO4SSi/c1-5-22-13-16-26-25(22)15-14-23(20-35(32,33)24-10-7-6-8-11-24)28(26)29(31)27-12-9-17-30(27)21-34-18-19-36(2,3)4/h6-12,14-15,17,22-23,25-26,28H,5,13,16,18-21H2,1-4H3/t22-,23-,25+,26+,28+/m0/s1. The molecule has 0 N–H and O–H groups in total. The Hall–Kier alpha value is -1.96. The second-order valence-corrected chi connectivity index (χ2v) is 19.4. The van der Waals surface area contributed by atoms with E-state index < -0.39 is 17.9 Å². The van der Waals surface area contributed by atoms with E-state index >= 15 is 0 Å².